The van der Waals surface area contributed by atoms with Crippen LogP contribution in [0.3, 0.4) is 0 Å². The van der Waals surface area contributed by atoms with Crippen molar-refractivity contribution in [2.75, 3.05) is 0 Å². The quantitative estimate of drug-likeness (QED) is 0.0452. The van der Waals surface area contributed by atoms with Gasteiger partial charge in [-0.15, -0.1) is 0 Å². The Balaban J connectivity index is -0.000000298. The molecule has 0 aromatic rings. The topological polar surface area (TPSA) is 229 Å². The van der Waals surface area contributed by atoms with Gasteiger partial charge in [-0.1, -0.05) is 194 Å². The fraction of sp³-hybridized carbons (Fsp3) is 0.875. The van der Waals surface area contributed by atoms with Crippen LogP contribution in [0.1, 0.15) is 271 Å². The maximum absolute atomic E-state index is 13.1. The van der Waals surface area contributed by atoms with Crippen molar-refractivity contribution in [3.8, 4) is 0 Å². The minimum Gasteiger partial charge on any atom is -0.549 e. The molecule has 0 aliphatic rings. The molecule has 0 N–H and O–H groups in total. The molecule has 0 aromatic heterocycles. The van der Waals surface area contributed by atoms with E-state index < -0.39 is 67.2 Å². The Morgan fingerprint density at radius 2 is 0.312 bits per heavy atom. The van der Waals surface area contributed by atoms with Crippen molar-refractivity contribution in [2.24, 2.45) is 90.7 Å². The largest absolute Gasteiger partial charge is 4.00 e. The van der Waals surface area contributed by atoms with Crippen LogP contribution in [0.5, 0.6) is 0 Å². The van der Waals surface area contributed by atoms with Crippen molar-refractivity contribution in [1.82, 2.24) is 0 Å². The van der Waals surface area contributed by atoms with Gasteiger partial charge in [0.1, 0.15) is 0 Å². The van der Waals surface area contributed by atoms with E-state index in [0.29, 0.717) is 77.0 Å². The average Bonchev–Trinajstić information content (AvgIpc) is 3.32. The SMILES string of the molecule is CCC(CC)(CC)C(=O)C(C(=O)[O-])(C(C)C)C(C)C.CCC(CC)(CC)C(=O)C(C(=O)[O-])(C(C)C)C(C)C.CCC(CC)(CC)C(=O)C(C(=O)[O-])(C(C)C)C(C)C.CCC(CC)(CC)C(=O)C(C(=O)[O-])(C(C)C)C(C)C.[Ti+4]. The number of carbonyl (C=O) groups excluding carboxylic acids is 8. The summed E-state index contributed by atoms with van der Waals surface area (Å²) in [6.45, 7) is 52.4. The standard InChI is InChI=1S/4C16H30O3.Ti/c4*1-8-15(9-2,10-3)13(17)16(11(4)5,12(6)7)14(18)19;/h4*11-12H,8-10H2,1-7H3,(H,18,19);/q;;;;+4/p-4. The van der Waals surface area contributed by atoms with Crippen molar-refractivity contribution in [1.29, 1.82) is 0 Å². The predicted octanol–water partition coefficient (Wildman–Crippen LogP) is 11.3. The number of aliphatic carboxylic acids is 4. The van der Waals surface area contributed by atoms with Gasteiger partial charge in [0.05, 0.1) is 45.5 Å². The fourth-order valence-electron chi connectivity index (χ4n) is 13.7. The third-order valence-electron chi connectivity index (χ3n) is 20.2. The van der Waals surface area contributed by atoms with Crippen LogP contribution in [0, 0.1) is 90.7 Å². The van der Waals surface area contributed by atoms with Gasteiger partial charge in [0.25, 0.3) is 0 Å². The summed E-state index contributed by atoms with van der Waals surface area (Å²) < 4.78 is 0. The van der Waals surface area contributed by atoms with Crippen LogP contribution in [-0.2, 0) is 60.1 Å². The molecule has 0 amide bonds. The number of Topliss-reactive ketones (excluding diaryl/α,β-unsaturated/α-hetero) is 4. The van der Waals surface area contributed by atoms with Crippen LogP contribution >= 0.6 is 0 Å². The zero-order valence-electron chi connectivity index (χ0n) is 54.5. The van der Waals surface area contributed by atoms with Gasteiger partial charge in [-0.05, 0) is 124 Å². The van der Waals surface area contributed by atoms with Crippen LogP contribution in [0.15, 0.2) is 0 Å². The Morgan fingerprint density at radius 1 is 0.234 bits per heavy atom. The van der Waals surface area contributed by atoms with Gasteiger partial charge < -0.3 is 39.6 Å². The van der Waals surface area contributed by atoms with Gasteiger partial charge in [-0.25, -0.2) is 0 Å². The smallest absolute Gasteiger partial charge is 0.549 e. The maximum atomic E-state index is 13.1. The molecule has 12 nitrogen and oxygen atoms in total. The molecule has 0 heterocycles. The minimum absolute atomic E-state index is 0. The van der Waals surface area contributed by atoms with E-state index in [9.17, 15) is 58.8 Å². The second-order valence-electron chi connectivity index (χ2n) is 24.5. The van der Waals surface area contributed by atoms with Gasteiger partial charge >= 0.3 is 21.7 Å². The molecule has 0 spiro atoms. The van der Waals surface area contributed by atoms with Crippen LogP contribution in [0.25, 0.3) is 0 Å². The first-order valence-corrected chi connectivity index (χ1v) is 29.7. The zero-order valence-corrected chi connectivity index (χ0v) is 56.1. The first-order valence-electron chi connectivity index (χ1n) is 29.7. The Hall–Kier alpha value is -2.73. The maximum Gasteiger partial charge on any atom is 4.00 e. The molecule has 0 saturated carbocycles. The molecule has 0 unspecified atom stereocenters. The Labute approximate surface area is 486 Å². The number of hydrogen-bond acceptors (Lipinski definition) is 12. The molecule has 0 bridgehead atoms. The van der Waals surface area contributed by atoms with Crippen molar-refractivity contribution >= 4 is 47.0 Å². The van der Waals surface area contributed by atoms with E-state index in [1.54, 1.807) is 111 Å². The average molecular weight is 1130 g/mol. The summed E-state index contributed by atoms with van der Waals surface area (Å²) >= 11 is 0. The van der Waals surface area contributed by atoms with Gasteiger partial charge in [0.2, 0.25) is 0 Å². The number of carboxylic acid groups (broad SMARTS) is 4. The van der Waals surface area contributed by atoms with Crippen LogP contribution in [0.4, 0.5) is 0 Å². The molecule has 0 aliphatic heterocycles. The second kappa shape index (κ2) is 34.5. The Morgan fingerprint density at radius 3 is 0.351 bits per heavy atom. The number of ketones is 4. The van der Waals surface area contributed by atoms with E-state index in [2.05, 4.69) is 0 Å². The first-order chi connectivity index (χ1) is 34.7. The van der Waals surface area contributed by atoms with Gasteiger partial charge in [-0.3, -0.25) is 19.2 Å². The minimum atomic E-state index is -1.39. The van der Waals surface area contributed by atoms with Gasteiger partial charge in [0, 0.05) is 21.7 Å². The van der Waals surface area contributed by atoms with E-state index in [1.165, 1.54) is 0 Å². The van der Waals surface area contributed by atoms with E-state index in [4.69, 9.17) is 0 Å². The second-order valence-corrected chi connectivity index (χ2v) is 24.5. The summed E-state index contributed by atoms with van der Waals surface area (Å²) in [5, 5.41) is 47.2. The molecule has 0 saturated heterocycles. The van der Waals surface area contributed by atoms with Crippen LogP contribution in [0.2, 0.25) is 0 Å². The number of rotatable bonds is 32. The number of carboxylic acids is 4. The zero-order chi connectivity index (χ0) is 61.7. The van der Waals surface area contributed by atoms with Crippen molar-refractivity contribution in [2.45, 2.75) is 271 Å². The molecule has 77 heavy (non-hydrogen) atoms. The Bertz CT molecular complexity index is 1510. The van der Waals surface area contributed by atoms with Gasteiger partial charge in [-0.2, -0.15) is 0 Å². The third kappa shape index (κ3) is 15.8. The molecule has 0 rings (SSSR count). The van der Waals surface area contributed by atoms with Gasteiger partial charge in [0.15, 0.2) is 23.1 Å². The third-order valence-corrected chi connectivity index (χ3v) is 20.2. The fourth-order valence-corrected chi connectivity index (χ4v) is 13.7. The van der Waals surface area contributed by atoms with E-state index in [-0.39, 0.29) is 92.2 Å². The van der Waals surface area contributed by atoms with Crippen molar-refractivity contribution in [3.63, 3.8) is 0 Å². The Kier molecular flexibility index (Phi) is 37.3. The van der Waals surface area contributed by atoms with E-state index in [1.807, 2.05) is 83.1 Å². The number of hydrogen-bond donors (Lipinski definition) is 0. The summed E-state index contributed by atoms with van der Waals surface area (Å²) in [5.41, 5.74) is -7.74. The van der Waals surface area contributed by atoms with Crippen LogP contribution in [-0.4, -0.2) is 47.0 Å². The molecule has 0 radical (unpaired) electrons. The van der Waals surface area contributed by atoms with E-state index >= 15 is 0 Å². The monoisotopic (exact) mass is 1120 g/mol. The van der Waals surface area contributed by atoms with Crippen molar-refractivity contribution in [3.05, 3.63) is 0 Å². The summed E-state index contributed by atoms with van der Waals surface area (Å²) in [6, 6.07) is 0. The molecular weight excluding hydrogens is 1010 g/mol. The summed E-state index contributed by atoms with van der Waals surface area (Å²) in [5.74, 6) is -7.60. The first kappa shape index (κ1) is 83.1. The van der Waals surface area contributed by atoms with Crippen LogP contribution < -0.4 is 20.4 Å². The molecule has 0 fully saturated rings. The summed E-state index contributed by atoms with van der Waals surface area (Å²) in [4.78, 5) is 99.6. The molecule has 0 atom stereocenters. The number of carbonyl (C=O) groups is 8. The summed E-state index contributed by atoms with van der Waals surface area (Å²) in [6.07, 6.45) is 8.09. The van der Waals surface area contributed by atoms with E-state index in [0.717, 1.165) is 0 Å². The molecule has 448 valence electrons. The summed E-state index contributed by atoms with van der Waals surface area (Å²) in [7, 11) is 0. The molecule has 0 aliphatic carbocycles. The molecular formula is C64H116O12Ti. The van der Waals surface area contributed by atoms with Crippen molar-refractivity contribution < 1.29 is 80.5 Å². The predicted molar refractivity (Wildman–Crippen MR) is 302 cm³/mol. The normalized spacial score (nSPS) is 12.9. The molecule has 0 aromatic carbocycles. The molecule has 13 heteroatoms.